The van der Waals surface area contributed by atoms with E-state index in [1.165, 1.54) is 0 Å². The number of carbonyl (C=O) groups excluding carboxylic acids is 1. The Morgan fingerprint density at radius 2 is 1.95 bits per heavy atom. The topological polar surface area (TPSA) is 42.4 Å². The Morgan fingerprint density at radius 1 is 1.24 bits per heavy atom. The van der Waals surface area contributed by atoms with Crippen LogP contribution < -0.4 is 4.74 Å². The zero-order chi connectivity index (χ0) is 15.2. The highest BCUT2D eigenvalue weighted by Crippen LogP contribution is 2.17. The van der Waals surface area contributed by atoms with Crippen molar-refractivity contribution in [3.05, 3.63) is 57.2 Å². The van der Waals surface area contributed by atoms with Crippen LogP contribution in [0.1, 0.15) is 10.5 Å². The number of rotatable bonds is 5. The number of likely N-dealkylation sites (N-methyl/N-ethyl adjacent to an activating group) is 1. The van der Waals surface area contributed by atoms with Crippen molar-refractivity contribution < 1.29 is 9.53 Å². The van der Waals surface area contributed by atoms with Crippen molar-refractivity contribution >= 4 is 37.8 Å². The number of amides is 1. The number of carbonyl (C=O) groups is 1. The Kier molecular flexibility index (Phi) is 5.76. The van der Waals surface area contributed by atoms with Gasteiger partial charge < -0.3 is 9.64 Å². The van der Waals surface area contributed by atoms with Gasteiger partial charge in [0.05, 0.1) is 6.54 Å². The molecule has 0 bridgehead atoms. The third-order valence-corrected chi connectivity index (χ3v) is 3.99. The summed E-state index contributed by atoms with van der Waals surface area (Å²) < 4.78 is 7.29. The first-order valence-corrected chi connectivity index (χ1v) is 7.91. The molecule has 4 nitrogen and oxygen atoms in total. The summed E-state index contributed by atoms with van der Waals surface area (Å²) >= 11 is 6.70. The largest absolute Gasteiger partial charge is 0.492 e. The van der Waals surface area contributed by atoms with Crippen molar-refractivity contribution in [3.8, 4) is 5.75 Å². The molecule has 0 atom stereocenters. The van der Waals surface area contributed by atoms with Crippen LogP contribution in [0.15, 0.2) is 51.5 Å². The molecule has 21 heavy (non-hydrogen) atoms. The van der Waals surface area contributed by atoms with Gasteiger partial charge >= 0.3 is 0 Å². The van der Waals surface area contributed by atoms with E-state index in [-0.39, 0.29) is 5.91 Å². The molecule has 2 rings (SSSR count). The quantitative estimate of drug-likeness (QED) is 0.749. The second-order valence-electron chi connectivity index (χ2n) is 4.36. The number of nitrogens with zero attached hydrogens (tertiary/aromatic N) is 2. The Bertz CT molecular complexity index is 617. The lowest BCUT2D eigenvalue weighted by atomic mass is 10.3. The summed E-state index contributed by atoms with van der Waals surface area (Å²) in [6.45, 7) is 0.909. The minimum Gasteiger partial charge on any atom is -0.492 e. The number of aromatic nitrogens is 1. The maximum Gasteiger partial charge on any atom is 0.273 e. The summed E-state index contributed by atoms with van der Waals surface area (Å²) in [6.07, 6.45) is 1.60. The predicted molar refractivity (Wildman–Crippen MR) is 88.5 cm³/mol. The van der Waals surface area contributed by atoms with Gasteiger partial charge in [0.25, 0.3) is 5.91 Å². The van der Waals surface area contributed by atoms with Gasteiger partial charge in [-0.1, -0.05) is 15.9 Å². The van der Waals surface area contributed by atoms with Crippen molar-refractivity contribution in [1.29, 1.82) is 0 Å². The number of pyridine rings is 1. The Morgan fingerprint density at radius 3 is 2.62 bits per heavy atom. The van der Waals surface area contributed by atoms with E-state index in [2.05, 4.69) is 36.8 Å². The number of benzene rings is 1. The van der Waals surface area contributed by atoms with E-state index in [0.29, 0.717) is 23.3 Å². The fraction of sp³-hybridized carbons (Fsp3) is 0.200. The minimum absolute atomic E-state index is 0.137. The Labute approximate surface area is 140 Å². The van der Waals surface area contributed by atoms with Gasteiger partial charge in [0.1, 0.15) is 18.1 Å². The van der Waals surface area contributed by atoms with Crippen LogP contribution >= 0.6 is 31.9 Å². The fourth-order valence-corrected chi connectivity index (χ4v) is 2.35. The van der Waals surface area contributed by atoms with Gasteiger partial charge in [0.2, 0.25) is 0 Å². The van der Waals surface area contributed by atoms with Crippen molar-refractivity contribution in [2.75, 3.05) is 20.2 Å². The lowest BCUT2D eigenvalue weighted by molar-refractivity contribution is 0.0767. The highest BCUT2D eigenvalue weighted by Gasteiger charge is 2.15. The molecule has 0 aliphatic heterocycles. The molecule has 0 fully saturated rings. The van der Waals surface area contributed by atoms with E-state index >= 15 is 0 Å². The number of ether oxygens (including phenoxy) is 1. The van der Waals surface area contributed by atoms with Gasteiger partial charge in [-0.05, 0) is 52.3 Å². The maximum atomic E-state index is 12.2. The molecular weight excluding hydrogens is 400 g/mol. The Balaban J connectivity index is 1.87. The van der Waals surface area contributed by atoms with Crippen LogP contribution in [-0.4, -0.2) is 36.0 Å². The van der Waals surface area contributed by atoms with Crippen LogP contribution in [0.2, 0.25) is 0 Å². The van der Waals surface area contributed by atoms with Crippen molar-refractivity contribution in [3.63, 3.8) is 0 Å². The highest BCUT2D eigenvalue weighted by atomic mass is 79.9. The van der Waals surface area contributed by atoms with Gasteiger partial charge in [-0.2, -0.15) is 0 Å². The van der Waals surface area contributed by atoms with E-state index in [1.807, 2.05) is 24.3 Å². The summed E-state index contributed by atoms with van der Waals surface area (Å²) in [5, 5.41) is 0. The second-order valence-corrected chi connectivity index (χ2v) is 6.13. The molecule has 2 aromatic rings. The molecule has 0 saturated carbocycles. The SMILES string of the molecule is CN(CCOc1ccc(Br)cc1)C(=O)c1ncccc1Br. The second kappa shape index (κ2) is 7.56. The van der Waals surface area contributed by atoms with Gasteiger partial charge in [0, 0.05) is 22.2 Å². The van der Waals surface area contributed by atoms with Crippen LogP contribution in [0.4, 0.5) is 0 Å². The van der Waals surface area contributed by atoms with Gasteiger partial charge in [-0.15, -0.1) is 0 Å². The molecule has 1 aromatic carbocycles. The smallest absolute Gasteiger partial charge is 0.273 e. The minimum atomic E-state index is -0.137. The van der Waals surface area contributed by atoms with Crippen molar-refractivity contribution in [1.82, 2.24) is 9.88 Å². The molecule has 6 heteroatoms. The van der Waals surface area contributed by atoms with Crippen molar-refractivity contribution in [2.45, 2.75) is 0 Å². The first kappa shape index (κ1) is 16.0. The molecule has 0 aliphatic carbocycles. The van der Waals surface area contributed by atoms with E-state index in [0.717, 1.165) is 10.2 Å². The molecular formula is C15H14Br2N2O2. The molecule has 0 spiro atoms. The van der Waals surface area contributed by atoms with Crippen LogP contribution in [0, 0.1) is 0 Å². The Hall–Kier alpha value is -1.40. The molecule has 1 aromatic heterocycles. The predicted octanol–water partition coefficient (Wildman–Crippen LogP) is 3.76. The first-order valence-electron chi connectivity index (χ1n) is 6.32. The molecule has 1 amide bonds. The number of hydrogen-bond acceptors (Lipinski definition) is 3. The van der Waals surface area contributed by atoms with Crippen LogP contribution in [0.3, 0.4) is 0 Å². The normalized spacial score (nSPS) is 10.2. The molecule has 0 N–H and O–H groups in total. The zero-order valence-electron chi connectivity index (χ0n) is 11.4. The lowest BCUT2D eigenvalue weighted by Crippen LogP contribution is -2.31. The molecule has 0 saturated heterocycles. The summed E-state index contributed by atoms with van der Waals surface area (Å²) in [7, 11) is 1.73. The lowest BCUT2D eigenvalue weighted by Gasteiger charge is -2.17. The van der Waals surface area contributed by atoms with Crippen LogP contribution in [-0.2, 0) is 0 Å². The molecule has 0 unspecified atom stereocenters. The monoisotopic (exact) mass is 412 g/mol. The van der Waals surface area contributed by atoms with Crippen LogP contribution in [0.25, 0.3) is 0 Å². The molecule has 0 radical (unpaired) electrons. The summed E-state index contributed by atoms with van der Waals surface area (Å²) in [6, 6.07) is 11.1. The summed E-state index contributed by atoms with van der Waals surface area (Å²) in [5.41, 5.74) is 0.406. The molecule has 110 valence electrons. The molecule has 0 aliphatic rings. The van der Waals surface area contributed by atoms with Crippen LogP contribution in [0.5, 0.6) is 5.75 Å². The van der Waals surface area contributed by atoms with E-state index in [4.69, 9.17) is 4.74 Å². The average Bonchev–Trinajstić information content (AvgIpc) is 2.49. The molecule has 1 heterocycles. The van der Waals surface area contributed by atoms with Gasteiger partial charge in [-0.3, -0.25) is 4.79 Å². The third-order valence-electron chi connectivity index (χ3n) is 2.82. The van der Waals surface area contributed by atoms with Crippen molar-refractivity contribution in [2.24, 2.45) is 0 Å². The maximum absolute atomic E-state index is 12.2. The van der Waals surface area contributed by atoms with E-state index in [1.54, 1.807) is 30.3 Å². The van der Waals surface area contributed by atoms with E-state index < -0.39 is 0 Å². The average molecular weight is 414 g/mol. The van der Waals surface area contributed by atoms with Gasteiger partial charge in [-0.25, -0.2) is 4.98 Å². The fourth-order valence-electron chi connectivity index (χ4n) is 1.66. The standard InChI is InChI=1S/C15H14Br2N2O2/c1-19(15(20)14-13(17)3-2-8-18-14)9-10-21-12-6-4-11(16)5-7-12/h2-8H,9-10H2,1H3. The third kappa shape index (κ3) is 4.54. The van der Waals surface area contributed by atoms with Gasteiger partial charge in [0.15, 0.2) is 0 Å². The van der Waals surface area contributed by atoms with E-state index in [9.17, 15) is 4.79 Å². The highest BCUT2D eigenvalue weighted by molar-refractivity contribution is 9.10. The summed E-state index contributed by atoms with van der Waals surface area (Å²) in [4.78, 5) is 17.9. The summed E-state index contributed by atoms with van der Waals surface area (Å²) in [5.74, 6) is 0.639. The number of halogens is 2. The first-order chi connectivity index (χ1) is 10.1. The zero-order valence-corrected chi connectivity index (χ0v) is 14.6. The number of hydrogen-bond donors (Lipinski definition) is 0.